The molecule has 2 N–H and O–H groups in total. The average molecular weight is 440 g/mol. The highest BCUT2D eigenvalue weighted by atomic mass is 32.2. The quantitative estimate of drug-likeness (QED) is 0.404. The molecule has 12 nitrogen and oxygen atoms in total. The van der Waals surface area contributed by atoms with Crippen LogP contribution in [0.4, 0.5) is 0 Å². The minimum Gasteiger partial charge on any atom is -0.477 e. The van der Waals surface area contributed by atoms with Gasteiger partial charge in [0.2, 0.25) is 5.91 Å². The number of nitrogens with zero attached hydrogens (tertiary/aromatic N) is 7. The second-order valence-electron chi connectivity index (χ2n) is 5.71. The van der Waals surface area contributed by atoms with Crippen LogP contribution in [0.25, 0.3) is 0 Å². The molecule has 2 aromatic rings. The molecule has 2 amide bonds. The van der Waals surface area contributed by atoms with Crippen molar-refractivity contribution < 1.29 is 19.5 Å². The van der Waals surface area contributed by atoms with E-state index in [2.05, 4.69) is 31.0 Å². The van der Waals surface area contributed by atoms with Gasteiger partial charge in [-0.25, -0.2) is 9.48 Å². The van der Waals surface area contributed by atoms with Crippen molar-refractivity contribution in [3.63, 3.8) is 0 Å². The summed E-state index contributed by atoms with van der Waals surface area (Å²) in [6, 6.07) is -0.777. The molecular weight excluding hydrogens is 428 g/mol. The normalized spacial score (nSPS) is 21.3. The van der Waals surface area contributed by atoms with Gasteiger partial charge in [0.15, 0.2) is 4.34 Å². The van der Waals surface area contributed by atoms with Crippen LogP contribution in [0.3, 0.4) is 0 Å². The topological polar surface area (TPSA) is 156 Å². The van der Waals surface area contributed by atoms with E-state index in [1.807, 2.05) is 0 Å². The number of thioether (sulfide) groups is 2. The van der Waals surface area contributed by atoms with Gasteiger partial charge >= 0.3 is 5.97 Å². The Labute approximate surface area is 169 Å². The van der Waals surface area contributed by atoms with E-state index in [4.69, 9.17) is 0 Å². The largest absolute Gasteiger partial charge is 0.477 e. The highest BCUT2D eigenvalue weighted by Crippen LogP contribution is 2.41. The first kappa shape index (κ1) is 18.8. The molecule has 0 aromatic carbocycles. The van der Waals surface area contributed by atoms with Crippen molar-refractivity contribution in [2.45, 2.75) is 22.3 Å². The molecule has 1 fully saturated rings. The lowest BCUT2D eigenvalue weighted by Crippen LogP contribution is -2.70. The first-order valence-electron chi connectivity index (χ1n) is 7.83. The molecule has 2 aliphatic rings. The Morgan fingerprint density at radius 2 is 2.25 bits per heavy atom. The maximum absolute atomic E-state index is 12.6. The molecule has 0 bridgehead atoms. The van der Waals surface area contributed by atoms with Gasteiger partial charge in [0.05, 0.1) is 0 Å². The molecule has 0 saturated carbocycles. The van der Waals surface area contributed by atoms with Crippen LogP contribution in [0.5, 0.6) is 0 Å². The lowest BCUT2D eigenvalue weighted by Gasteiger charge is -2.49. The fourth-order valence-corrected chi connectivity index (χ4v) is 5.76. The molecule has 146 valence electrons. The van der Waals surface area contributed by atoms with Crippen LogP contribution in [-0.2, 0) is 20.9 Å². The molecule has 4 rings (SSSR count). The van der Waals surface area contributed by atoms with Gasteiger partial charge in [-0.15, -0.1) is 27.1 Å². The molecular formula is C13H12N8O4S3. The summed E-state index contributed by atoms with van der Waals surface area (Å²) in [7, 11) is 0. The number of carbonyl (C=O) groups excluding carboxylic acids is 2. The zero-order valence-electron chi connectivity index (χ0n) is 14.0. The van der Waals surface area contributed by atoms with Gasteiger partial charge in [-0.1, -0.05) is 23.1 Å². The number of aromatic nitrogens is 6. The van der Waals surface area contributed by atoms with Crippen LogP contribution in [-0.4, -0.2) is 81.1 Å². The van der Waals surface area contributed by atoms with Crippen molar-refractivity contribution in [3.8, 4) is 0 Å². The molecule has 0 spiro atoms. The van der Waals surface area contributed by atoms with E-state index < -0.39 is 29.2 Å². The first-order chi connectivity index (χ1) is 13.5. The van der Waals surface area contributed by atoms with Crippen LogP contribution in [0.1, 0.15) is 0 Å². The lowest BCUT2D eigenvalue weighted by atomic mass is 10.0. The molecule has 0 unspecified atom stereocenters. The lowest BCUT2D eigenvalue weighted by molar-refractivity contribution is -0.150. The number of fused-ring (bicyclic) bond motifs is 1. The minimum absolute atomic E-state index is 0.0169. The third-order valence-corrected chi connectivity index (χ3v) is 7.26. The molecule has 2 atom stereocenters. The Hall–Kier alpha value is -2.52. The number of hydrogen-bond acceptors (Lipinski definition) is 11. The van der Waals surface area contributed by atoms with Crippen molar-refractivity contribution in [2.24, 2.45) is 0 Å². The Bertz CT molecular complexity index is 932. The zero-order chi connectivity index (χ0) is 19.7. The van der Waals surface area contributed by atoms with Gasteiger partial charge in [-0.3, -0.25) is 14.5 Å². The van der Waals surface area contributed by atoms with Crippen molar-refractivity contribution >= 4 is 52.6 Å². The molecule has 4 heterocycles. The van der Waals surface area contributed by atoms with Crippen molar-refractivity contribution in [1.29, 1.82) is 0 Å². The van der Waals surface area contributed by atoms with Crippen molar-refractivity contribution in [3.05, 3.63) is 23.1 Å². The number of β-lactam (4-membered cyclic amide) rings is 1. The van der Waals surface area contributed by atoms with Gasteiger partial charge in [-0.2, -0.15) is 0 Å². The van der Waals surface area contributed by atoms with Gasteiger partial charge in [0, 0.05) is 11.5 Å². The van der Waals surface area contributed by atoms with E-state index in [1.165, 1.54) is 50.8 Å². The Kier molecular flexibility index (Phi) is 5.27. The van der Waals surface area contributed by atoms with Crippen LogP contribution in [0, 0.1) is 0 Å². The van der Waals surface area contributed by atoms with E-state index in [1.54, 1.807) is 5.51 Å². The molecule has 28 heavy (non-hydrogen) atoms. The predicted octanol–water partition coefficient (Wildman–Crippen LogP) is -0.944. The maximum atomic E-state index is 12.6. The van der Waals surface area contributed by atoms with Crippen LogP contribution < -0.4 is 5.32 Å². The highest BCUT2D eigenvalue weighted by molar-refractivity contribution is 8.01. The second-order valence-corrected chi connectivity index (χ2v) is 8.87. The molecule has 0 radical (unpaired) electrons. The summed E-state index contributed by atoms with van der Waals surface area (Å²) in [5.74, 6) is -1.19. The SMILES string of the molecule is O=C(Cn1cnnn1)N[C@H]1C(=O)N2C(C(=O)O)=C(CSc3nncs3)CS[C@@H]12. The van der Waals surface area contributed by atoms with Crippen molar-refractivity contribution in [2.75, 3.05) is 11.5 Å². The Morgan fingerprint density at radius 3 is 2.93 bits per heavy atom. The van der Waals surface area contributed by atoms with Gasteiger partial charge in [0.1, 0.15) is 35.5 Å². The van der Waals surface area contributed by atoms with Crippen molar-refractivity contribution in [1.82, 2.24) is 40.6 Å². The third-order valence-electron chi connectivity index (χ3n) is 3.97. The van der Waals surface area contributed by atoms with E-state index in [9.17, 15) is 19.5 Å². The fraction of sp³-hybridized carbons (Fsp3) is 0.385. The van der Waals surface area contributed by atoms with Gasteiger partial charge < -0.3 is 10.4 Å². The number of carboxylic acids is 1. The summed E-state index contributed by atoms with van der Waals surface area (Å²) in [6.07, 6.45) is 1.29. The van der Waals surface area contributed by atoms with E-state index in [0.717, 1.165) is 4.34 Å². The predicted molar refractivity (Wildman–Crippen MR) is 98.1 cm³/mol. The Balaban J connectivity index is 1.44. The highest BCUT2D eigenvalue weighted by Gasteiger charge is 2.54. The number of carboxylic acid groups (broad SMARTS) is 1. The van der Waals surface area contributed by atoms with Crippen LogP contribution >= 0.6 is 34.9 Å². The standard InChI is InChI=1S/C13H12N8O4S3/c22-7(1-20-4-14-18-19-20)16-8-10(23)21-9(12(24)25)6(2-26-11(8)21)3-27-13-17-15-5-28-13/h4-5,8,11H,1-3H2,(H,16,22)(H,24,25)/t8-,11-/m0/s1. The number of carbonyl (C=O) groups is 3. The Morgan fingerprint density at radius 1 is 1.39 bits per heavy atom. The van der Waals surface area contributed by atoms with E-state index in [-0.39, 0.29) is 12.2 Å². The fourth-order valence-electron chi connectivity index (χ4n) is 2.79. The number of tetrazole rings is 1. The second kappa shape index (κ2) is 7.84. The number of hydrogen-bond donors (Lipinski definition) is 2. The molecule has 15 heteroatoms. The smallest absolute Gasteiger partial charge is 0.352 e. The van der Waals surface area contributed by atoms with Gasteiger partial charge in [-0.05, 0) is 16.0 Å². The summed E-state index contributed by atoms with van der Waals surface area (Å²) in [6.45, 7) is -0.125. The van der Waals surface area contributed by atoms with Crippen LogP contribution in [0.15, 0.2) is 27.4 Å². The first-order valence-corrected chi connectivity index (χ1v) is 10.7. The monoisotopic (exact) mass is 440 g/mol. The molecule has 0 aliphatic carbocycles. The van der Waals surface area contributed by atoms with E-state index >= 15 is 0 Å². The summed E-state index contributed by atoms with van der Waals surface area (Å²) in [5.41, 5.74) is 2.22. The van der Waals surface area contributed by atoms with Crippen LogP contribution in [0.2, 0.25) is 0 Å². The molecule has 2 aliphatic heterocycles. The average Bonchev–Trinajstić information content (AvgIpc) is 3.37. The number of rotatable bonds is 7. The zero-order valence-corrected chi connectivity index (χ0v) is 16.4. The summed E-state index contributed by atoms with van der Waals surface area (Å²) in [4.78, 5) is 37.7. The summed E-state index contributed by atoms with van der Waals surface area (Å²) >= 11 is 4.16. The third kappa shape index (κ3) is 3.59. The minimum atomic E-state index is -1.16. The summed E-state index contributed by atoms with van der Waals surface area (Å²) < 4.78 is 1.96. The van der Waals surface area contributed by atoms with E-state index in [0.29, 0.717) is 17.1 Å². The maximum Gasteiger partial charge on any atom is 0.352 e. The van der Waals surface area contributed by atoms with Gasteiger partial charge in [0.25, 0.3) is 5.91 Å². The number of nitrogens with one attached hydrogen (secondary N) is 1. The number of amides is 2. The summed E-state index contributed by atoms with van der Waals surface area (Å²) in [5, 5.41) is 29.9. The molecule has 2 aromatic heterocycles. The molecule has 1 saturated heterocycles. The number of aliphatic carboxylic acids is 1.